The predicted molar refractivity (Wildman–Crippen MR) is 96.8 cm³/mol. The molecular weight excluding hydrogens is 356 g/mol. The summed E-state index contributed by atoms with van der Waals surface area (Å²) in [5.74, 6) is 0.716. The monoisotopic (exact) mass is 372 g/mol. The van der Waals surface area contributed by atoms with E-state index >= 15 is 0 Å². The Morgan fingerprint density at radius 3 is 2.88 bits per heavy atom. The number of carboxylic acids is 1. The summed E-state index contributed by atoms with van der Waals surface area (Å²) in [7, 11) is 1.58. The van der Waals surface area contributed by atoms with Crippen molar-refractivity contribution in [3.63, 3.8) is 0 Å². The average molecular weight is 372 g/mol. The zero-order valence-corrected chi connectivity index (χ0v) is 14.9. The summed E-state index contributed by atoms with van der Waals surface area (Å²) in [5, 5.41) is 22.0. The lowest BCUT2D eigenvalue weighted by Crippen LogP contribution is -2.02. The molecule has 0 aliphatic carbocycles. The van der Waals surface area contributed by atoms with Crippen molar-refractivity contribution < 1.29 is 19.1 Å². The van der Waals surface area contributed by atoms with Crippen LogP contribution in [0.5, 0.6) is 5.75 Å². The first-order chi connectivity index (χ1) is 12.6. The fraction of sp³-hybridized carbons (Fsp3) is 0.176. The van der Waals surface area contributed by atoms with Gasteiger partial charge in [0.2, 0.25) is 5.16 Å². The number of benzene rings is 1. The van der Waals surface area contributed by atoms with Crippen LogP contribution in [-0.2, 0) is 4.79 Å². The Hall–Kier alpha value is -3.07. The lowest BCUT2D eigenvalue weighted by molar-refractivity contribution is -0.133. The number of thioether (sulfide) groups is 1. The molecule has 0 saturated heterocycles. The van der Waals surface area contributed by atoms with Crippen molar-refractivity contribution in [3.05, 3.63) is 47.9 Å². The minimum absolute atomic E-state index is 0.146. The largest absolute Gasteiger partial charge is 0.496 e. The second-order valence-electron chi connectivity index (χ2n) is 5.18. The van der Waals surface area contributed by atoms with E-state index in [1.165, 1.54) is 4.68 Å². The summed E-state index contributed by atoms with van der Waals surface area (Å²) in [6.45, 7) is 1.81. The third-order valence-corrected chi connectivity index (χ3v) is 4.39. The van der Waals surface area contributed by atoms with Crippen LogP contribution in [0.15, 0.2) is 51.3 Å². The fourth-order valence-electron chi connectivity index (χ4n) is 2.26. The topological polar surface area (TPSA) is 103 Å². The highest BCUT2D eigenvalue weighted by Crippen LogP contribution is 2.27. The van der Waals surface area contributed by atoms with E-state index in [1.54, 1.807) is 25.7 Å². The molecule has 9 heteroatoms. The Morgan fingerprint density at radius 1 is 1.38 bits per heavy atom. The maximum Gasteiger partial charge on any atom is 0.313 e. The highest BCUT2D eigenvalue weighted by molar-refractivity contribution is 7.99. The number of hydrogen-bond donors (Lipinski definition) is 1. The lowest BCUT2D eigenvalue weighted by atomic mass is 10.2. The molecule has 2 aromatic heterocycles. The van der Waals surface area contributed by atoms with E-state index in [-0.39, 0.29) is 5.75 Å². The van der Waals surface area contributed by atoms with Crippen LogP contribution in [0.4, 0.5) is 0 Å². The number of aliphatic carboxylic acids is 1. The van der Waals surface area contributed by atoms with Gasteiger partial charge in [0.05, 0.1) is 30.9 Å². The molecule has 0 amide bonds. The summed E-state index contributed by atoms with van der Waals surface area (Å²) in [6, 6.07) is 9.19. The standard InChI is InChI=1S/C17H16N4O4S/c1-11-13(7-8-25-11)16-19-20-17(26-10-15(22)23)21(16)18-9-12-5-3-4-6-14(12)24-2/h3-9H,10H2,1-2H3,(H,22,23)/b18-9-. The van der Waals surface area contributed by atoms with Gasteiger partial charge in [0.25, 0.3) is 0 Å². The molecule has 8 nitrogen and oxygen atoms in total. The van der Waals surface area contributed by atoms with Crippen LogP contribution in [0.25, 0.3) is 11.4 Å². The molecule has 0 radical (unpaired) electrons. The van der Waals surface area contributed by atoms with Crippen LogP contribution in [0.2, 0.25) is 0 Å². The predicted octanol–water partition coefficient (Wildman–Crippen LogP) is 2.91. The number of carboxylic acid groups (broad SMARTS) is 1. The number of carbonyl (C=O) groups is 1. The molecular formula is C17H16N4O4S. The number of rotatable bonds is 7. The quantitative estimate of drug-likeness (QED) is 0.502. The van der Waals surface area contributed by atoms with Crippen LogP contribution in [-0.4, -0.2) is 45.0 Å². The first-order valence-corrected chi connectivity index (χ1v) is 8.60. The van der Waals surface area contributed by atoms with Crippen LogP contribution < -0.4 is 4.74 Å². The maximum atomic E-state index is 10.9. The normalized spacial score (nSPS) is 11.2. The molecule has 0 fully saturated rings. The summed E-state index contributed by atoms with van der Waals surface area (Å²) < 4.78 is 12.1. The van der Waals surface area contributed by atoms with E-state index in [0.29, 0.717) is 22.5 Å². The van der Waals surface area contributed by atoms with Crippen molar-refractivity contribution in [1.29, 1.82) is 0 Å². The molecule has 2 heterocycles. The molecule has 0 aliphatic heterocycles. The first-order valence-electron chi connectivity index (χ1n) is 7.62. The minimum atomic E-state index is -0.945. The van der Waals surface area contributed by atoms with Crippen LogP contribution in [0.3, 0.4) is 0 Å². The van der Waals surface area contributed by atoms with Gasteiger partial charge in [0.1, 0.15) is 11.5 Å². The number of aryl methyl sites for hydroxylation is 1. The van der Waals surface area contributed by atoms with Gasteiger partial charge in [-0.25, -0.2) is 0 Å². The van der Waals surface area contributed by atoms with Gasteiger partial charge in [-0.1, -0.05) is 23.9 Å². The van der Waals surface area contributed by atoms with Crippen molar-refractivity contribution >= 4 is 23.9 Å². The Labute approximate surface area is 153 Å². The van der Waals surface area contributed by atoms with E-state index in [9.17, 15) is 4.79 Å². The molecule has 3 aromatic rings. The Bertz CT molecular complexity index is 948. The maximum absolute atomic E-state index is 10.9. The highest BCUT2D eigenvalue weighted by atomic mass is 32.2. The smallest absolute Gasteiger partial charge is 0.313 e. The van der Waals surface area contributed by atoms with Gasteiger partial charge in [0.15, 0.2) is 5.82 Å². The van der Waals surface area contributed by atoms with Gasteiger partial charge in [-0.3, -0.25) is 4.79 Å². The highest BCUT2D eigenvalue weighted by Gasteiger charge is 2.18. The van der Waals surface area contributed by atoms with E-state index in [2.05, 4.69) is 15.3 Å². The SMILES string of the molecule is COc1ccccc1/C=N\n1c(SCC(=O)O)nnc1-c1ccoc1C. The molecule has 0 aliphatic rings. The molecule has 1 aromatic carbocycles. The van der Waals surface area contributed by atoms with Crippen molar-refractivity contribution in [2.24, 2.45) is 5.10 Å². The van der Waals surface area contributed by atoms with Gasteiger partial charge < -0.3 is 14.3 Å². The molecule has 0 atom stereocenters. The number of para-hydroxylation sites is 1. The molecule has 1 N–H and O–H groups in total. The van der Waals surface area contributed by atoms with Gasteiger partial charge in [-0.2, -0.15) is 9.78 Å². The van der Waals surface area contributed by atoms with E-state index in [1.807, 2.05) is 31.2 Å². The second kappa shape index (κ2) is 7.87. The summed E-state index contributed by atoms with van der Waals surface area (Å²) >= 11 is 1.04. The van der Waals surface area contributed by atoms with Gasteiger partial charge in [-0.15, -0.1) is 10.2 Å². The van der Waals surface area contributed by atoms with Crippen LogP contribution >= 0.6 is 11.8 Å². The number of aromatic nitrogens is 3. The number of furan rings is 1. The Balaban J connectivity index is 2.02. The summed E-state index contributed by atoms with van der Waals surface area (Å²) in [5.41, 5.74) is 1.50. The number of ether oxygens (including phenoxy) is 1. The minimum Gasteiger partial charge on any atom is -0.496 e. The van der Waals surface area contributed by atoms with Gasteiger partial charge in [-0.05, 0) is 25.1 Å². The zero-order valence-electron chi connectivity index (χ0n) is 14.1. The fourth-order valence-corrected chi connectivity index (χ4v) is 2.87. The number of nitrogens with zero attached hydrogens (tertiary/aromatic N) is 4. The van der Waals surface area contributed by atoms with Crippen LogP contribution in [0, 0.1) is 6.92 Å². The Kier molecular flexibility index (Phi) is 5.37. The number of methoxy groups -OCH3 is 1. The average Bonchev–Trinajstić information content (AvgIpc) is 3.23. The van der Waals surface area contributed by atoms with Crippen molar-refractivity contribution in [2.45, 2.75) is 12.1 Å². The molecule has 0 unspecified atom stereocenters. The van der Waals surface area contributed by atoms with Gasteiger partial charge >= 0.3 is 5.97 Å². The van der Waals surface area contributed by atoms with E-state index < -0.39 is 5.97 Å². The summed E-state index contributed by atoms with van der Waals surface area (Å²) in [6.07, 6.45) is 3.17. The second-order valence-corrected chi connectivity index (χ2v) is 6.12. The first kappa shape index (κ1) is 17.7. The van der Waals surface area contributed by atoms with E-state index in [4.69, 9.17) is 14.3 Å². The van der Waals surface area contributed by atoms with Crippen LogP contribution in [0.1, 0.15) is 11.3 Å². The molecule has 0 spiro atoms. The summed E-state index contributed by atoms with van der Waals surface area (Å²) in [4.78, 5) is 10.9. The van der Waals surface area contributed by atoms with Gasteiger partial charge in [0, 0.05) is 5.56 Å². The molecule has 134 valence electrons. The third kappa shape index (κ3) is 3.77. The molecule has 3 rings (SSSR count). The zero-order chi connectivity index (χ0) is 18.5. The molecule has 0 bridgehead atoms. The molecule has 26 heavy (non-hydrogen) atoms. The number of hydrogen-bond acceptors (Lipinski definition) is 7. The van der Waals surface area contributed by atoms with Crippen molar-refractivity contribution in [3.8, 4) is 17.1 Å². The van der Waals surface area contributed by atoms with E-state index in [0.717, 1.165) is 22.9 Å². The van der Waals surface area contributed by atoms with Crippen molar-refractivity contribution in [1.82, 2.24) is 14.9 Å². The van der Waals surface area contributed by atoms with Crippen molar-refractivity contribution in [2.75, 3.05) is 12.9 Å². The molecule has 0 saturated carbocycles. The third-order valence-electron chi connectivity index (χ3n) is 3.49. The Morgan fingerprint density at radius 2 is 2.19 bits per heavy atom. The lowest BCUT2D eigenvalue weighted by Gasteiger charge is -2.05.